The van der Waals surface area contributed by atoms with Crippen LogP contribution in [0, 0.1) is 18.6 Å². The van der Waals surface area contributed by atoms with Gasteiger partial charge in [0.05, 0.1) is 10.2 Å². The number of nitrogens with zero attached hydrogens (tertiary/aromatic N) is 1. The van der Waals surface area contributed by atoms with Crippen LogP contribution in [0.2, 0.25) is 0 Å². The lowest BCUT2D eigenvalue weighted by Gasteiger charge is -2.11. The Morgan fingerprint density at radius 3 is 2.57 bits per heavy atom. The van der Waals surface area contributed by atoms with Crippen LogP contribution in [0.25, 0.3) is 10.2 Å². The zero-order chi connectivity index (χ0) is 19.7. The number of amides is 1. The summed E-state index contributed by atoms with van der Waals surface area (Å²) in [5.74, 6) is -0.914. The van der Waals surface area contributed by atoms with Crippen molar-refractivity contribution in [3.63, 3.8) is 0 Å². The van der Waals surface area contributed by atoms with E-state index in [-0.39, 0.29) is 24.1 Å². The lowest BCUT2D eigenvalue weighted by Crippen LogP contribution is -2.26. The standard InChI is InChI=1S/C22H18F2N2OS/c1-14-10-19-21(28-14)11-20(26(19)13-15-6-8-17(23)9-7-15)22(27)25-12-16-4-2-3-5-18(16)24/h2-11H,12-13H2,1H3,(H,25,27). The van der Waals surface area contributed by atoms with E-state index in [0.717, 1.165) is 20.7 Å². The number of aryl methyl sites for hydroxylation is 1. The number of fused-ring (bicyclic) bond motifs is 1. The van der Waals surface area contributed by atoms with Crippen molar-refractivity contribution >= 4 is 27.5 Å². The van der Waals surface area contributed by atoms with Gasteiger partial charge in [-0.3, -0.25) is 4.79 Å². The molecule has 6 heteroatoms. The van der Waals surface area contributed by atoms with E-state index in [2.05, 4.69) is 5.32 Å². The van der Waals surface area contributed by atoms with Gasteiger partial charge in [0.25, 0.3) is 5.91 Å². The van der Waals surface area contributed by atoms with Crippen molar-refractivity contribution in [3.8, 4) is 0 Å². The number of nitrogens with one attached hydrogen (secondary N) is 1. The van der Waals surface area contributed by atoms with Crippen molar-refractivity contribution in [1.29, 1.82) is 0 Å². The number of thiophene rings is 1. The van der Waals surface area contributed by atoms with Crippen LogP contribution in [-0.2, 0) is 13.1 Å². The molecule has 0 saturated heterocycles. The topological polar surface area (TPSA) is 34.0 Å². The quantitative estimate of drug-likeness (QED) is 0.490. The van der Waals surface area contributed by atoms with Crippen LogP contribution in [-0.4, -0.2) is 10.5 Å². The third-order valence-corrected chi connectivity index (χ3v) is 5.58. The summed E-state index contributed by atoms with van der Waals surface area (Å²) in [6.45, 7) is 2.58. The molecule has 1 N–H and O–H groups in total. The second-order valence-corrected chi connectivity index (χ2v) is 7.91. The number of aromatic nitrogens is 1. The van der Waals surface area contributed by atoms with Crippen LogP contribution >= 0.6 is 11.3 Å². The summed E-state index contributed by atoms with van der Waals surface area (Å²) < 4.78 is 30.0. The summed E-state index contributed by atoms with van der Waals surface area (Å²) in [6, 6.07) is 16.5. The molecule has 0 unspecified atom stereocenters. The number of benzene rings is 2. The van der Waals surface area contributed by atoms with Crippen molar-refractivity contribution in [2.75, 3.05) is 0 Å². The van der Waals surface area contributed by atoms with Gasteiger partial charge in [0.1, 0.15) is 17.3 Å². The number of rotatable bonds is 5. The van der Waals surface area contributed by atoms with E-state index in [0.29, 0.717) is 17.8 Å². The summed E-state index contributed by atoms with van der Waals surface area (Å²) in [5, 5.41) is 2.80. The first-order valence-electron chi connectivity index (χ1n) is 8.87. The highest BCUT2D eigenvalue weighted by Crippen LogP contribution is 2.29. The molecule has 0 spiro atoms. The average Bonchev–Trinajstić information content (AvgIpc) is 3.19. The summed E-state index contributed by atoms with van der Waals surface area (Å²) in [6.07, 6.45) is 0. The SMILES string of the molecule is Cc1cc2c(cc(C(=O)NCc3ccccc3F)n2Cc2ccc(F)cc2)s1. The van der Waals surface area contributed by atoms with Crippen LogP contribution in [0.15, 0.2) is 60.7 Å². The lowest BCUT2D eigenvalue weighted by atomic mass is 10.2. The molecule has 3 nitrogen and oxygen atoms in total. The van der Waals surface area contributed by atoms with Gasteiger partial charge in [-0.15, -0.1) is 11.3 Å². The number of hydrogen-bond donors (Lipinski definition) is 1. The van der Waals surface area contributed by atoms with Gasteiger partial charge in [-0.05, 0) is 42.8 Å². The molecule has 1 amide bonds. The van der Waals surface area contributed by atoms with E-state index in [1.165, 1.54) is 18.2 Å². The molecule has 0 aliphatic rings. The molecule has 0 saturated carbocycles. The molecule has 0 aliphatic heterocycles. The van der Waals surface area contributed by atoms with Crippen LogP contribution in [0.1, 0.15) is 26.5 Å². The molecule has 0 atom stereocenters. The van der Waals surface area contributed by atoms with E-state index >= 15 is 0 Å². The molecule has 142 valence electrons. The normalized spacial score (nSPS) is 11.1. The monoisotopic (exact) mass is 396 g/mol. The molecule has 0 fully saturated rings. The minimum absolute atomic E-state index is 0.111. The van der Waals surface area contributed by atoms with Crippen LogP contribution in [0.4, 0.5) is 8.78 Å². The Balaban J connectivity index is 1.64. The predicted molar refractivity (Wildman–Crippen MR) is 108 cm³/mol. The second-order valence-electron chi connectivity index (χ2n) is 6.62. The van der Waals surface area contributed by atoms with Crippen LogP contribution in [0.5, 0.6) is 0 Å². The maximum Gasteiger partial charge on any atom is 0.268 e. The van der Waals surface area contributed by atoms with E-state index in [9.17, 15) is 13.6 Å². The minimum atomic E-state index is -0.346. The summed E-state index contributed by atoms with van der Waals surface area (Å²) in [7, 11) is 0. The van der Waals surface area contributed by atoms with Gasteiger partial charge in [0, 0.05) is 23.5 Å². The Morgan fingerprint density at radius 1 is 1.07 bits per heavy atom. The Morgan fingerprint density at radius 2 is 1.82 bits per heavy atom. The Hall–Kier alpha value is -2.99. The van der Waals surface area contributed by atoms with E-state index in [4.69, 9.17) is 0 Å². The summed E-state index contributed by atoms with van der Waals surface area (Å²) in [5.41, 5.74) is 2.79. The first-order chi connectivity index (χ1) is 13.5. The highest BCUT2D eigenvalue weighted by atomic mass is 32.1. The first kappa shape index (κ1) is 18.4. The van der Waals surface area contributed by atoms with Crippen LogP contribution in [0.3, 0.4) is 0 Å². The van der Waals surface area contributed by atoms with Gasteiger partial charge in [0.15, 0.2) is 0 Å². The number of carbonyl (C=O) groups excluding carboxylic acids is 1. The maximum absolute atomic E-state index is 13.8. The van der Waals surface area contributed by atoms with E-state index in [1.54, 1.807) is 41.7 Å². The van der Waals surface area contributed by atoms with E-state index < -0.39 is 0 Å². The molecule has 0 aliphatic carbocycles. The van der Waals surface area contributed by atoms with Gasteiger partial charge in [-0.2, -0.15) is 0 Å². The summed E-state index contributed by atoms with van der Waals surface area (Å²) in [4.78, 5) is 14.0. The van der Waals surface area contributed by atoms with Crippen molar-refractivity contribution in [1.82, 2.24) is 9.88 Å². The van der Waals surface area contributed by atoms with E-state index in [1.807, 2.05) is 23.6 Å². The van der Waals surface area contributed by atoms with Gasteiger partial charge in [-0.25, -0.2) is 8.78 Å². The molecule has 4 rings (SSSR count). The number of carbonyl (C=O) groups is 1. The molecule has 4 aromatic rings. The zero-order valence-electron chi connectivity index (χ0n) is 15.2. The van der Waals surface area contributed by atoms with Crippen LogP contribution < -0.4 is 5.32 Å². The lowest BCUT2D eigenvalue weighted by molar-refractivity contribution is 0.0942. The largest absolute Gasteiger partial charge is 0.347 e. The fraction of sp³-hybridized carbons (Fsp3) is 0.136. The van der Waals surface area contributed by atoms with Crippen molar-refractivity contribution in [2.24, 2.45) is 0 Å². The molecule has 2 heterocycles. The minimum Gasteiger partial charge on any atom is -0.347 e. The molecular weight excluding hydrogens is 378 g/mol. The third-order valence-electron chi connectivity index (χ3n) is 4.60. The smallest absolute Gasteiger partial charge is 0.268 e. The first-order valence-corrected chi connectivity index (χ1v) is 9.68. The molecule has 28 heavy (non-hydrogen) atoms. The fourth-order valence-corrected chi connectivity index (χ4v) is 4.17. The van der Waals surface area contributed by atoms with Gasteiger partial charge in [0.2, 0.25) is 0 Å². The number of halogens is 2. The molecule has 0 bridgehead atoms. The molecular formula is C22H18F2N2OS. The van der Waals surface area contributed by atoms with Crippen molar-refractivity contribution in [3.05, 3.63) is 94.0 Å². The highest BCUT2D eigenvalue weighted by molar-refractivity contribution is 7.19. The third kappa shape index (κ3) is 3.68. The molecule has 0 radical (unpaired) electrons. The summed E-state index contributed by atoms with van der Waals surface area (Å²) >= 11 is 1.61. The maximum atomic E-state index is 13.8. The predicted octanol–water partition coefficient (Wildman–Crippen LogP) is 5.27. The Kier molecular flexibility index (Phi) is 4.96. The van der Waals surface area contributed by atoms with Gasteiger partial charge >= 0.3 is 0 Å². The average molecular weight is 396 g/mol. The zero-order valence-corrected chi connectivity index (χ0v) is 16.0. The Labute approximate surface area is 165 Å². The molecule has 2 aromatic heterocycles. The number of hydrogen-bond acceptors (Lipinski definition) is 2. The van der Waals surface area contributed by atoms with Gasteiger partial charge < -0.3 is 9.88 Å². The fourth-order valence-electron chi connectivity index (χ4n) is 3.20. The van der Waals surface area contributed by atoms with Crippen molar-refractivity contribution in [2.45, 2.75) is 20.0 Å². The van der Waals surface area contributed by atoms with Gasteiger partial charge in [-0.1, -0.05) is 30.3 Å². The highest BCUT2D eigenvalue weighted by Gasteiger charge is 2.18. The molecule has 2 aromatic carbocycles. The van der Waals surface area contributed by atoms with Crippen molar-refractivity contribution < 1.29 is 13.6 Å². The second kappa shape index (κ2) is 7.56. The Bertz CT molecular complexity index is 1150.